The second-order valence-electron chi connectivity index (χ2n) is 7.23. The molecule has 1 unspecified atom stereocenters. The van der Waals surface area contributed by atoms with Crippen LogP contribution in [0.15, 0.2) is 29.4 Å². The van der Waals surface area contributed by atoms with Crippen LogP contribution in [0.2, 0.25) is 0 Å². The second-order valence-corrected chi connectivity index (χ2v) is 9.14. The molecular formula is C18H26ClN5O3S. The SMILES string of the molecule is Cl.O=C(CCC1CCNC1)N1CCN(S(=O)(=O)c2c[nH]c3ncccc23)CC1. The molecular weight excluding hydrogens is 402 g/mol. The standard InChI is InChI=1S/C18H25N5O3S.ClH/c24-17(4-3-14-5-7-19-12-14)22-8-10-23(11-9-22)27(25,26)16-13-21-18-15(16)2-1-6-20-18;/h1-2,6,13-14,19H,3-5,7-12H2,(H,20,21);1H. The van der Waals surface area contributed by atoms with Crippen LogP contribution in [0.3, 0.4) is 0 Å². The normalized spacial score (nSPS) is 21.0. The molecule has 0 bridgehead atoms. The van der Waals surface area contributed by atoms with Gasteiger partial charge in [-0.2, -0.15) is 4.31 Å². The molecule has 2 N–H and O–H groups in total. The lowest BCUT2D eigenvalue weighted by molar-refractivity contribution is -0.132. The second kappa shape index (κ2) is 8.77. The first-order valence-electron chi connectivity index (χ1n) is 9.46. The van der Waals surface area contributed by atoms with Gasteiger partial charge in [0.15, 0.2) is 0 Å². The third-order valence-electron chi connectivity index (χ3n) is 5.55. The van der Waals surface area contributed by atoms with E-state index < -0.39 is 10.0 Å². The highest BCUT2D eigenvalue weighted by Crippen LogP contribution is 2.25. The Kier molecular flexibility index (Phi) is 6.59. The average Bonchev–Trinajstić information content (AvgIpc) is 3.36. The maximum atomic E-state index is 13.0. The van der Waals surface area contributed by atoms with Gasteiger partial charge in [0.05, 0.1) is 0 Å². The summed E-state index contributed by atoms with van der Waals surface area (Å²) in [4.78, 5) is 21.6. The summed E-state index contributed by atoms with van der Waals surface area (Å²) in [6.07, 6.45) is 5.72. The molecule has 2 saturated heterocycles. The van der Waals surface area contributed by atoms with Crippen LogP contribution >= 0.6 is 12.4 Å². The minimum Gasteiger partial charge on any atom is -0.345 e. The van der Waals surface area contributed by atoms with Crippen molar-refractivity contribution in [1.29, 1.82) is 0 Å². The van der Waals surface area contributed by atoms with Gasteiger partial charge in [0.25, 0.3) is 0 Å². The number of H-pyrrole nitrogens is 1. The van der Waals surface area contributed by atoms with E-state index in [-0.39, 0.29) is 23.2 Å². The van der Waals surface area contributed by atoms with Gasteiger partial charge >= 0.3 is 0 Å². The van der Waals surface area contributed by atoms with Gasteiger partial charge in [-0.25, -0.2) is 13.4 Å². The summed E-state index contributed by atoms with van der Waals surface area (Å²) in [7, 11) is -3.60. The molecule has 1 atom stereocenters. The van der Waals surface area contributed by atoms with E-state index in [0.29, 0.717) is 49.6 Å². The van der Waals surface area contributed by atoms with Crippen LogP contribution < -0.4 is 5.32 Å². The maximum absolute atomic E-state index is 13.0. The van der Waals surface area contributed by atoms with Crippen molar-refractivity contribution in [3.8, 4) is 0 Å². The Balaban J connectivity index is 0.00000225. The third-order valence-corrected chi connectivity index (χ3v) is 7.49. The molecule has 2 aromatic rings. The molecule has 154 valence electrons. The smallest absolute Gasteiger partial charge is 0.245 e. The van der Waals surface area contributed by atoms with Crippen molar-refractivity contribution in [3.63, 3.8) is 0 Å². The summed E-state index contributed by atoms with van der Waals surface area (Å²) in [5.41, 5.74) is 0.561. The number of amides is 1. The number of hydrogen-bond acceptors (Lipinski definition) is 5. The molecule has 0 radical (unpaired) electrons. The zero-order valence-corrected chi connectivity index (χ0v) is 17.3. The molecule has 0 aromatic carbocycles. The number of nitrogens with zero attached hydrogens (tertiary/aromatic N) is 3. The molecule has 10 heteroatoms. The van der Waals surface area contributed by atoms with Crippen LogP contribution in [-0.2, 0) is 14.8 Å². The number of halogens is 1. The fraction of sp³-hybridized carbons (Fsp3) is 0.556. The quantitative estimate of drug-likeness (QED) is 0.747. The third kappa shape index (κ3) is 4.17. The summed E-state index contributed by atoms with van der Waals surface area (Å²) in [6, 6.07) is 3.48. The minimum absolute atomic E-state index is 0. The molecule has 4 heterocycles. The van der Waals surface area contributed by atoms with Crippen LogP contribution in [0.5, 0.6) is 0 Å². The Morgan fingerprint density at radius 2 is 2.04 bits per heavy atom. The van der Waals surface area contributed by atoms with Crippen molar-refractivity contribution in [2.24, 2.45) is 5.92 Å². The number of pyridine rings is 1. The molecule has 0 aliphatic carbocycles. The lowest BCUT2D eigenvalue weighted by Gasteiger charge is -2.34. The first-order valence-corrected chi connectivity index (χ1v) is 10.9. The highest BCUT2D eigenvalue weighted by molar-refractivity contribution is 7.89. The number of nitrogens with one attached hydrogen (secondary N) is 2. The van der Waals surface area contributed by atoms with E-state index in [9.17, 15) is 13.2 Å². The predicted molar refractivity (Wildman–Crippen MR) is 109 cm³/mol. The number of aromatic amines is 1. The Hall–Kier alpha value is -1.68. The number of hydrogen-bond donors (Lipinski definition) is 2. The van der Waals surface area contributed by atoms with Crippen LogP contribution in [-0.4, -0.2) is 72.8 Å². The summed E-state index contributed by atoms with van der Waals surface area (Å²) in [5, 5.41) is 3.92. The molecule has 2 aliphatic rings. The highest BCUT2D eigenvalue weighted by Gasteiger charge is 2.32. The van der Waals surface area contributed by atoms with Crippen molar-refractivity contribution in [2.75, 3.05) is 39.3 Å². The minimum atomic E-state index is -3.60. The van der Waals surface area contributed by atoms with E-state index in [4.69, 9.17) is 0 Å². The average molecular weight is 428 g/mol. The molecule has 0 spiro atoms. The molecule has 2 aliphatic heterocycles. The number of fused-ring (bicyclic) bond motifs is 1. The van der Waals surface area contributed by atoms with Crippen LogP contribution in [0.4, 0.5) is 0 Å². The number of carbonyl (C=O) groups excluding carboxylic acids is 1. The Bertz CT molecular complexity index is 918. The summed E-state index contributed by atoms with van der Waals surface area (Å²) >= 11 is 0. The lowest BCUT2D eigenvalue weighted by Crippen LogP contribution is -2.50. The fourth-order valence-electron chi connectivity index (χ4n) is 3.91. The van der Waals surface area contributed by atoms with Gasteiger partial charge in [0.2, 0.25) is 15.9 Å². The van der Waals surface area contributed by atoms with E-state index in [1.165, 1.54) is 10.5 Å². The van der Waals surface area contributed by atoms with Gasteiger partial charge in [0, 0.05) is 50.4 Å². The molecule has 2 aromatic heterocycles. The molecule has 1 amide bonds. The summed E-state index contributed by atoms with van der Waals surface area (Å²) in [5.74, 6) is 0.723. The number of aromatic nitrogens is 2. The number of carbonyl (C=O) groups is 1. The van der Waals surface area contributed by atoms with Gasteiger partial charge in [-0.3, -0.25) is 4.79 Å². The van der Waals surface area contributed by atoms with E-state index in [1.807, 2.05) is 0 Å². The van der Waals surface area contributed by atoms with Crippen molar-refractivity contribution in [1.82, 2.24) is 24.5 Å². The summed E-state index contributed by atoms with van der Waals surface area (Å²) in [6.45, 7) is 3.58. The van der Waals surface area contributed by atoms with Crippen molar-refractivity contribution in [2.45, 2.75) is 24.2 Å². The lowest BCUT2D eigenvalue weighted by atomic mass is 10.0. The number of sulfonamides is 1. The molecule has 2 fully saturated rings. The molecule has 28 heavy (non-hydrogen) atoms. The topological polar surface area (TPSA) is 98.4 Å². The van der Waals surface area contributed by atoms with Crippen LogP contribution in [0.25, 0.3) is 11.0 Å². The van der Waals surface area contributed by atoms with E-state index in [1.54, 1.807) is 23.2 Å². The van der Waals surface area contributed by atoms with E-state index in [2.05, 4.69) is 15.3 Å². The van der Waals surface area contributed by atoms with Crippen molar-refractivity contribution < 1.29 is 13.2 Å². The van der Waals surface area contributed by atoms with Gasteiger partial charge < -0.3 is 15.2 Å². The molecule has 4 rings (SSSR count). The van der Waals surface area contributed by atoms with E-state index >= 15 is 0 Å². The van der Waals surface area contributed by atoms with Gasteiger partial charge in [-0.15, -0.1) is 12.4 Å². The maximum Gasteiger partial charge on any atom is 0.245 e. The monoisotopic (exact) mass is 427 g/mol. The van der Waals surface area contributed by atoms with Crippen molar-refractivity contribution in [3.05, 3.63) is 24.5 Å². The Morgan fingerprint density at radius 1 is 1.25 bits per heavy atom. The highest BCUT2D eigenvalue weighted by atomic mass is 35.5. The Labute approximate surface area is 171 Å². The van der Waals surface area contributed by atoms with Crippen molar-refractivity contribution >= 4 is 39.4 Å². The zero-order valence-electron chi connectivity index (χ0n) is 15.6. The number of rotatable bonds is 5. The Morgan fingerprint density at radius 3 is 2.75 bits per heavy atom. The van der Waals surface area contributed by atoms with Gasteiger partial charge in [0.1, 0.15) is 10.5 Å². The largest absolute Gasteiger partial charge is 0.345 e. The fourth-order valence-corrected chi connectivity index (χ4v) is 5.48. The summed E-state index contributed by atoms with van der Waals surface area (Å²) < 4.78 is 27.5. The molecule has 8 nitrogen and oxygen atoms in total. The van der Waals surface area contributed by atoms with Gasteiger partial charge in [-0.05, 0) is 44.0 Å². The zero-order chi connectivity index (χ0) is 18.9. The van der Waals surface area contributed by atoms with Crippen LogP contribution in [0.1, 0.15) is 19.3 Å². The van der Waals surface area contributed by atoms with E-state index in [0.717, 1.165) is 25.9 Å². The first-order chi connectivity index (χ1) is 13.1. The molecule has 0 saturated carbocycles. The number of piperazine rings is 1. The predicted octanol–water partition coefficient (Wildman–Crippen LogP) is 1.21. The van der Waals surface area contributed by atoms with Gasteiger partial charge in [-0.1, -0.05) is 0 Å². The first kappa shape index (κ1) is 21.0. The van der Waals surface area contributed by atoms with Crippen LogP contribution in [0, 0.1) is 5.92 Å².